The summed E-state index contributed by atoms with van der Waals surface area (Å²) in [4.78, 5) is 5.34. The third-order valence-electron chi connectivity index (χ3n) is 4.69. The van der Waals surface area contributed by atoms with Gasteiger partial charge in [0.05, 0.1) is 0 Å². The van der Waals surface area contributed by atoms with Crippen LogP contribution < -0.4 is 4.90 Å². The number of aromatic amines is 1. The molecule has 26 heavy (non-hydrogen) atoms. The fourth-order valence-electron chi connectivity index (χ4n) is 3.44. The van der Waals surface area contributed by atoms with E-state index in [9.17, 15) is 13.2 Å². The predicted octanol–water partition coefficient (Wildman–Crippen LogP) is 4.58. The Labute approximate surface area is 148 Å². The minimum atomic E-state index is -4.46. The first-order chi connectivity index (χ1) is 12.4. The molecule has 2 aromatic heterocycles. The highest BCUT2D eigenvalue weighted by Gasteiger charge is 2.33. The molecule has 0 saturated carbocycles. The average Bonchev–Trinajstić information content (AvgIpc) is 2.97. The van der Waals surface area contributed by atoms with Crippen LogP contribution in [0, 0.1) is 6.92 Å². The Kier molecular flexibility index (Phi) is 3.94. The van der Waals surface area contributed by atoms with Crippen LogP contribution in [0.5, 0.6) is 0 Å². The number of aromatic nitrogens is 3. The molecule has 3 aromatic rings. The molecule has 0 amide bonds. The number of rotatable bonds is 2. The fraction of sp³-hybridized carbons (Fsp3) is 0.263. The molecule has 3 heterocycles. The number of hydrogen-bond acceptors (Lipinski definition) is 3. The van der Waals surface area contributed by atoms with Gasteiger partial charge in [0.25, 0.3) is 0 Å². The molecule has 0 fully saturated rings. The van der Waals surface area contributed by atoms with Crippen LogP contribution in [0.3, 0.4) is 0 Å². The normalized spacial score (nSPS) is 15.4. The topological polar surface area (TPSA) is 44.8 Å². The first-order valence-electron chi connectivity index (χ1n) is 8.36. The Hall–Kier alpha value is -2.83. The second-order valence-corrected chi connectivity index (χ2v) is 6.37. The summed E-state index contributed by atoms with van der Waals surface area (Å²) >= 11 is 0. The summed E-state index contributed by atoms with van der Waals surface area (Å²) in [5, 5.41) is 8.24. The number of aryl methyl sites for hydroxylation is 1. The van der Waals surface area contributed by atoms with Crippen molar-refractivity contribution in [1.82, 2.24) is 15.2 Å². The third kappa shape index (κ3) is 2.94. The van der Waals surface area contributed by atoms with Gasteiger partial charge in [0, 0.05) is 35.2 Å². The number of H-pyrrole nitrogens is 1. The molecule has 0 bridgehead atoms. The molecule has 1 aromatic carbocycles. The molecular weight excluding hydrogens is 341 g/mol. The summed E-state index contributed by atoms with van der Waals surface area (Å²) in [5.41, 5.74) is 3.73. The van der Waals surface area contributed by atoms with Gasteiger partial charge in [0.15, 0.2) is 11.5 Å². The first-order valence-corrected chi connectivity index (χ1v) is 8.36. The summed E-state index contributed by atoms with van der Waals surface area (Å²) < 4.78 is 37.8. The van der Waals surface area contributed by atoms with E-state index in [0.29, 0.717) is 18.9 Å². The SMILES string of the molecule is Cc1[nH]c2ccccc2c1C1=CCN(c2ccc(C(F)(F)F)nn2)CC1. The van der Waals surface area contributed by atoms with Gasteiger partial charge in [-0.15, -0.1) is 10.2 Å². The van der Waals surface area contributed by atoms with Gasteiger partial charge in [-0.2, -0.15) is 13.2 Å². The first kappa shape index (κ1) is 16.6. The van der Waals surface area contributed by atoms with Crippen molar-refractivity contribution in [2.45, 2.75) is 19.5 Å². The molecule has 4 rings (SSSR count). The van der Waals surface area contributed by atoms with Gasteiger partial charge in [0.2, 0.25) is 0 Å². The second-order valence-electron chi connectivity index (χ2n) is 6.37. The van der Waals surface area contributed by atoms with E-state index in [2.05, 4.69) is 40.3 Å². The fourth-order valence-corrected chi connectivity index (χ4v) is 3.44. The zero-order valence-electron chi connectivity index (χ0n) is 14.1. The van der Waals surface area contributed by atoms with E-state index >= 15 is 0 Å². The Morgan fingerprint density at radius 1 is 1.08 bits per heavy atom. The predicted molar refractivity (Wildman–Crippen MR) is 94.9 cm³/mol. The highest BCUT2D eigenvalue weighted by atomic mass is 19.4. The molecule has 1 aliphatic heterocycles. The van der Waals surface area contributed by atoms with Crippen molar-refractivity contribution in [3.63, 3.8) is 0 Å². The molecule has 0 atom stereocenters. The van der Waals surface area contributed by atoms with Gasteiger partial charge >= 0.3 is 6.18 Å². The van der Waals surface area contributed by atoms with E-state index in [1.807, 2.05) is 17.0 Å². The van der Waals surface area contributed by atoms with E-state index in [1.165, 1.54) is 22.6 Å². The number of anilines is 1. The highest BCUT2D eigenvalue weighted by Crippen LogP contribution is 2.33. The van der Waals surface area contributed by atoms with Crippen LogP contribution in [-0.4, -0.2) is 28.3 Å². The van der Waals surface area contributed by atoms with E-state index < -0.39 is 11.9 Å². The van der Waals surface area contributed by atoms with Crippen LogP contribution in [0.2, 0.25) is 0 Å². The maximum absolute atomic E-state index is 12.6. The maximum Gasteiger partial charge on any atom is 0.435 e. The maximum atomic E-state index is 12.6. The van der Waals surface area contributed by atoms with Gasteiger partial charge in [-0.25, -0.2) is 0 Å². The monoisotopic (exact) mass is 358 g/mol. The number of nitrogens with zero attached hydrogens (tertiary/aromatic N) is 3. The molecule has 0 saturated heterocycles. The summed E-state index contributed by atoms with van der Waals surface area (Å²) in [6.45, 7) is 3.34. The molecule has 0 aliphatic carbocycles. The van der Waals surface area contributed by atoms with E-state index in [4.69, 9.17) is 0 Å². The Morgan fingerprint density at radius 2 is 1.88 bits per heavy atom. The molecule has 1 N–H and O–H groups in total. The largest absolute Gasteiger partial charge is 0.435 e. The molecule has 4 nitrogen and oxygen atoms in total. The van der Waals surface area contributed by atoms with Crippen molar-refractivity contribution in [1.29, 1.82) is 0 Å². The van der Waals surface area contributed by atoms with Crippen LogP contribution >= 0.6 is 0 Å². The lowest BCUT2D eigenvalue weighted by Crippen LogP contribution is -2.29. The second kappa shape index (κ2) is 6.16. The zero-order valence-corrected chi connectivity index (χ0v) is 14.1. The van der Waals surface area contributed by atoms with Crippen LogP contribution in [0.1, 0.15) is 23.4 Å². The van der Waals surface area contributed by atoms with Crippen molar-refractivity contribution < 1.29 is 13.2 Å². The van der Waals surface area contributed by atoms with E-state index in [-0.39, 0.29) is 0 Å². The quantitative estimate of drug-likeness (QED) is 0.729. The molecular formula is C19H17F3N4. The van der Waals surface area contributed by atoms with E-state index in [0.717, 1.165) is 23.7 Å². The van der Waals surface area contributed by atoms with Crippen LogP contribution in [0.15, 0.2) is 42.5 Å². The van der Waals surface area contributed by atoms with Gasteiger partial charge in [0.1, 0.15) is 0 Å². The lowest BCUT2D eigenvalue weighted by atomic mass is 9.97. The van der Waals surface area contributed by atoms with Crippen LogP contribution in [0.25, 0.3) is 16.5 Å². The zero-order chi connectivity index (χ0) is 18.3. The van der Waals surface area contributed by atoms with Gasteiger partial charge < -0.3 is 9.88 Å². The number of benzene rings is 1. The number of fused-ring (bicyclic) bond motifs is 1. The molecule has 0 spiro atoms. The van der Waals surface area contributed by atoms with Gasteiger partial charge in [-0.1, -0.05) is 24.3 Å². The molecule has 7 heteroatoms. The van der Waals surface area contributed by atoms with Crippen molar-refractivity contribution in [3.8, 4) is 0 Å². The Bertz CT molecular complexity index is 971. The number of nitrogens with one attached hydrogen (secondary N) is 1. The highest BCUT2D eigenvalue weighted by molar-refractivity contribution is 5.94. The smallest absolute Gasteiger partial charge is 0.358 e. The van der Waals surface area contributed by atoms with E-state index in [1.54, 1.807) is 0 Å². The van der Waals surface area contributed by atoms with Crippen molar-refractivity contribution >= 4 is 22.3 Å². The lowest BCUT2D eigenvalue weighted by Gasteiger charge is -2.27. The standard InChI is InChI=1S/C19H17F3N4/c1-12-18(14-4-2-3-5-15(14)23-12)13-8-10-26(11-9-13)17-7-6-16(24-25-17)19(20,21)22/h2-8,23H,9-11H2,1H3. The van der Waals surface area contributed by atoms with Crippen molar-refractivity contribution in [3.05, 3.63) is 59.4 Å². The lowest BCUT2D eigenvalue weighted by molar-refractivity contribution is -0.141. The molecule has 134 valence electrons. The van der Waals surface area contributed by atoms with Gasteiger partial charge in [-0.3, -0.25) is 0 Å². The van der Waals surface area contributed by atoms with Crippen LogP contribution in [0.4, 0.5) is 19.0 Å². The minimum Gasteiger partial charge on any atom is -0.358 e. The number of alkyl halides is 3. The Morgan fingerprint density at radius 3 is 2.54 bits per heavy atom. The summed E-state index contributed by atoms with van der Waals surface area (Å²) in [7, 11) is 0. The van der Waals surface area contributed by atoms with Crippen LogP contribution in [-0.2, 0) is 6.18 Å². The van der Waals surface area contributed by atoms with Crippen molar-refractivity contribution in [2.75, 3.05) is 18.0 Å². The average molecular weight is 358 g/mol. The number of halogens is 3. The van der Waals surface area contributed by atoms with Crippen molar-refractivity contribution in [2.24, 2.45) is 0 Å². The summed E-state index contributed by atoms with van der Waals surface area (Å²) in [5.74, 6) is 0.462. The third-order valence-corrected chi connectivity index (χ3v) is 4.69. The minimum absolute atomic E-state index is 0.462. The Balaban J connectivity index is 1.57. The molecule has 0 radical (unpaired) electrons. The summed E-state index contributed by atoms with van der Waals surface area (Å²) in [6.07, 6.45) is -1.55. The molecule has 1 aliphatic rings. The van der Waals surface area contributed by atoms with Gasteiger partial charge in [-0.05, 0) is 37.1 Å². The number of hydrogen-bond donors (Lipinski definition) is 1. The molecule has 0 unspecified atom stereocenters. The number of para-hydroxylation sites is 1. The summed E-state index contributed by atoms with van der Waals surface area (Å²) in [6, 6.07) is 10.5.